The summed E-state index contributed by atoms with van der Waals surface area (Å²) in [6, 6.07) is 4.77. The highest BCUT2D eigenvalue weighted by Gasteiger charge is 2.08. The van der Waals surface area contributed by atoms with Gasteiger partial charge in [0.15, 0.2) is 0 Å². The Labute approximate surface area is 102 Å². The quantitative estimate of drug-likeness (QED) is 0.475. The van der Waals surface area contributed by atoms with E-state index in [9.17, 15) is 10.1 Å². The number of halogens is 1. The van der Waals surface area contributed by atoms with Gasteiger partial charge in [-0.2, -0.15) is 0 Å². The summed E-state index contributed by atoms with van der Waals surface area (Å²) in [6.07, 6.45) is 0.921. The Morgan fingerprint density at radius 1 is 1.50 bits per heavy atom. The van der Waals surface area contributed by atoms with Gasteiger partial charge in [-0.1, -0.05) is 15.9 Å². The summed E-state index contributed by atoms with van der Waals surface area (Å²) in [6.45, 7) is 2.19. The molecule has 16 heavy (non-hydrogen) atoms. The zero-order valence-electron chi connectivity index (χ0n) is 8.78. The van der Waals surface area contributed by atoms with Crippen LogP contribution >= 0.6 is 15.9 Å². The third kappa shape index (κ3) is 3.88. The smallest absolute Gasteiger partial charge is 0.270 e. The van der Waals surface area contributed by atoms with Crippen LogP contribution in [0.1, 0.15) is 12.0 Å². The van der Waals surface area contributed by atoms with E-state index in [0.717, 1.165) is 23.0 Å². The van der Waals surface area contributed by atoms with Crippen LogP contribution in [0.5, 0.6) is 0 Å². The summed E-state index contributed by atoms with van der Waals surface area (Å²) >= 11 is 3.32. The molecular weight excluding hydrogens is 274 g/mol. The molecule has 0 unspecified atom stereocenters. The molecule has 0 amide bonds. The third-order valence-corrected chi connectivity index (χ3v) is 2.86. The lowest BCUT2D eigenvalue weighted by atomic mass is 10.2. The summed E-state index contributed by atoms with van der Waals surface area (Å²) in [4.78, 5) is 10.1. The summed E-state index contributed by atoms with van der Waals surface area (Å²) < 4.78 is 0.752. The number of nitrogens with zero attached hydrogens (tertiary/aromatic N) is 1. The molecule has 0 saturated heterocycles. The average Bonchev–Trinajstić information content (AvgIpc) is 2.26. The van der Waals surface area contributed by atoms with Crippen molar-refractivity contribution in [1.29, 1.82) is 0 Å². The Morgan fingerprint density at radius 3 is 2.81 bits per heavy atom. The second-order valence-electron chi connectivity index (χ2n) is 3.35. The zero-order valence-corrected chi connectivity index (χ0v) is 10.4. The molecular formula is C10H14BrN3O2. The molecule has 0 atom stereocenters. The molecule has 0 fully saturated rings. The van der Waals surface area contributed by atoms with Crippen molar-refractivity contribution in [2.24, 2.45) is 5.73 Å². The fraction of sp³-hybridized carbons (Fsp3) is 0.400. The van der Waals surface area contributed by atoms with Crippen molar-refractivity contribution in [2.75, 3.05) is 13.1 Å². The number of nitro groups is 1. The van der Waals surface area contributed by atoms with Gasteiger partial charge in [0.05, 0.1) is 4.92 Å². The summed E-state index contributed by atoms with van der Waals surface area (Å²) in [7, 11) is 0. The predicted octanol–water partition coefficient (Wildman–Crippen LogP) is 1.80. The van der Waals surface area contributed by atoms with Crippen molar-refractivity contribution in [3.63, 3.8) is 0 Å². The topological polar surface area (TPSA) is 81.2 Å². The second kappa shape index (κ2) is 6.57. The number of nitrogens with two attached hydrogens (primary N) is 1. The summed E-state index contributed by atoms with van der Waals surface area (Å²) in [5.41, 5.74) is 6.46. The molecule has 3 N–H and O–H groups in total. The lowest BCUT2D eigenvalue weighted by Crippen LogP contribution is -2.17. The number of nitro benzene ring substituents is 1. The number of benzene rings is 1. The van der Waals surface area contributed by atoms with E-state index >= 15 is 0 Å². The normalized spacial score (nSPS) is 10.4. The lowest BCUT2D eigenvalue weighted by molar-refractivity contribution is -0.384. The van der Waals surface area contributed by atoms with Crippen molar-refractivity contribution >= 4 is 21.6 Å². The minimum absolute atomic E-state index is 0.0950. The molecule has 1 aromatic rings. The van der Waals surface area contributed by atoms with Gasteiger partial charge in [0.1, 0.15) is 0 Å². The molecule has 88 valence electrons. The van der Waals surface area contributed by atoms with Gasteiger partial charge < -0.3 is 11.1 Å². The van der Waals surface area contributed by atoms with Crippen molar-refractivity contribution in [2.45, 2.75) is 13.0 Å². The van der Waals surface area contributed by atoms with E-state index in [1.54, 1.807) is 6.07 Å². The molecule has 0 aromatic heterocycles. The maximum Gasteiger partial charge on any atom is 0.270 e. The Hall–Kier alpha value is -0.980. The van der Waals surface area contributed by atoms with Crippen LogP contribution in [0, 0.1) is 10.1 Å². The molecule has 0 radical (unpaired) electrons. The Kier molecular flexibility index (Phi) is 5.37. The monoisotopic (exact) mass is 287 g/mol. The van der Waals surface area contributed by atoms with Crippen LogP contribution in [0.25, 0.3) is 0 Å². The van der Waals surface area contributed by atoms with Crippen LogP contribution in [0.3, 0.4) is 0 Å². The number of non-ortho nitro benzene ring substituents is 1. The first-order chi connectivity index (χ1) is 7.65. The molecule has 0 spiro atoms. The number of hydrogen-bond donors (Lipinski definition) is 2. The maximum atomic E-state index is 10.5. The van der Waals surface area contributed by atoms with E-state index in [-0.39, 0.29) is 5.69 Å². The lowest BCUT2D eigenvalue weighted by Gasteiger charge is -2.06. The molecule has 0 saturated carbocycles. The molecule has 1 rings (SSSR count). The molecule has 0 aliphatic rings. The highest BCUT2D eigenvalue weighted by atomic mass is 79.9. The Balaban J connectivity index is 2.57. The van der Waals surface area contributed by atoms with E-state index in [4.69, 9.17) is 5.73 Å². The fourth-order valence-electron chi connectivity index (χ4n) is 1.24. The minimum atomic E-state index is -0.406. The highest BCUT2D eigenvalue weighted by Crippen LogP contribution is 2.22. The van der Waals surface area contributed by atoms with E-state index in [2.05, 4.69) is 21.2 Å². The molecule has 1 aromatic carbocycles. The van der Waals surface area contributed by atoms with E-state index in [0.29, 0.717) is 13.1 Å². The second-order valence-corrected chi connectivity index (χ2v) is 4.21. The zero-order chi connectivity index (χ0) is 12.0. The van der Waals surface area contributed by atoms with E-state index in [1.165, 1.54) is 12.1 Å². The number of hydrogen-bond acceptors (Lipinski definition) is 4. The number of nitrogens with one attached hydrogen (secondary N) is 1. The van der Waals surface area contributed by atoms with Gasteiger partial charge >= 0.3 is 0 Å². The van der Waals surface area contributed by atoms with Gasteiger partial charge in [0.25, 0.3) is 5.69 Å². The molecule has 6 heteroatoms. The highest BCUT2D eigenvalue weighted by molar-refractivity contribution is 9.10. The molecule has 0 aliphatic heterocycles. The third-order valence-electron chi connectivity index (χ3n) is 2.12. The fourth-order valence-corrected chi connectivity index (χ4v) is 1.75. The predicted molar refractivity (Wildman–Crippen MR) is 66.2 cm³/mol. The van der Waals surface area contributed by atoms with Crippen molar-refractivity contribution < 1.29 is 4.92 Å². The van der Waals surface area contributed by atoms with Gasteiger partial charge in [0, 0.05) is 23.2 Å². The largest absolute Gasteiger partial charge is 0.330 e. The van der Waals surface area contributed by atoms with Gasteiger partial charge in [-0.15, -0.1) is 0 Å². The van der Waals surface area contributed by atoms with Crippen LogP contribution < -0.4 is 11.1 Å². The molecule has 0 bridgehead atoms. The summed E-state index contributed by atoms with van der Waals surface area (Å²) in [5.74, 6) is 0. The molecule has 5 nitrogen and oxygen atoms in total. The summed E-state index contributed by atoms with van der Waals surface area (Å²) in [5, 5.41) is 13.7. The first-order valence-corrected chi connectivity index (χ1v) is 5.78. The van der Waals surface area contributed by atoms with Gasteiger partial charge in [-0.05, 0) is 31.1 Å². The van der Waals surface area contributed by atoms with Gasteiger partial charge in [0.2, 0.25) is 0 Å². The Morgan fingerprint density at radius 2 is 2.25 bits per heavy atom. The molecule has 0 aliphatic carbocycles. The Bertz CT molecular complexity index is 371. The van der Waals surface area contributed by atoms with Crippen LogP contribution in [0.15, 0.2) is 22.7 Å². The number of rotatable bonds is 6. The van der Waals surface area contributed by atoms with Gasteiger partial charge in [-0.25, -0.2) is 0 Å². The first-order valence-electron chi connectivity index (χ1n) is 4.98. The van der Waals surface area contributed by atoms with E-state index < -0.39 is 4.92 Å². The van der Waals surface area contributed by atoms with Crippen molar-refractivity contribution in [3.05, 3.63) is 38.3 Å². The van der Waals surface area contributed by atoms with Crippen LogP contribution in [-0.4, -0.2) is 18.0 Å². The van der Waals surface area contributed by atoms with Crippen molar-refractivity contribution in [3.8, 4) is 0 Å². The van der Waals surface area contributed by atoms with Crippen LogP contribution in [0.4, 0.5) is 5.69 Å². The minimum Gasteiger partial charge on any atom is -0.330 e. The molecule has 0 heterocycles. The van der Waals surface area contributed by atoms with Crippen LogP contribution in [0.2, 0.25) is 0 Å². The maximum absolute atomic E-state index is 10.5. The SMILES string of the molecule is NCCCNCc1ccc([N+](=O)[O-])cc1Br. The first kappa shape index (κ1) is 13.1. The van der Waals surface area contributed by atoms with Crippen LogP contribution in [-0.2, 0) is 6.54 Å². The average molecular weight is 288 g/mol. The van der Waals surface area contributed by atoms with Gasteiger partial charge in [-0.3, -0.25) is 10.1 Å². The van der Waals surface area contributed by atoms with Crippen molar-refractivity contribution in [1.82, 2.24) is 5.32 Å². The van der Waals surface area contributed by atoms with E-state index in [1.807, 2.05) is 0 Å². The standard InChI is InChI=1S/C10H14BrN3O2/c11-10-6-9(14(15)16)3-2-8(10)7-13-5-1-4-12/h2-3,6,13H,1,4-5,7,12H2.